The van der Waals surface area contributed by atoms with Crippen LogP contribution in [0, 0.1) is 24.6 Å². The normalized spacial score (nSPS) is 6.00. The van der Waals surface area contributed by atoms with Crippen molar-refractivity contribution in [2.24, 2.45) is 0 Å². The zero-order valence-electron chi connectivity index (χ0n) is 4.00. The molecule has 0 spiro atoms. The van der Waals surface area contributed by atoms with Gasteiger partial charge in [0.25, 0.3) is 0 Å². The highest BCUT2D eigenvalue weighted by Gasteiger charge is 1.23. The van der Waals surface area contributed by atoms with Gasteiger partial charge >= 0.3 is 0 Å². The van der Waals surface area contributed by atoms with E-state index in [-0.39, 0.29) is 0 Å². The van der Waals surface area contributed by atoms with Gasteiger partial charge in [-0.15, -0.1) is 12.8 Å². The summed E-state index contributed by atoms with van der Waals surface area (Å²) >= 11 is 0. The third-order valence-corrected chi connectivity index (χ3v) is 0.0625. The average molecular weight is 52.1 g/mol. The van der Waals surface area contributed by atoms with E-state index in [1.54, 1.807) is 12.8 Å². The molecule has 0 fully saturated rings. The van der Waals surface area contributed by atoms with Crippen LogP contribution in [0.2, 0.25) is 0 Å². The molecule has 0 rings (SSSR count). The molecule has 0 heteroatoms. The minimum atomic E-state index is 1.78. The maximum atomic E-state index is 6.16. The molecule has 0 radical (unpaired) electrons. The van der Waals surface area contributed by atoms with Crippen molar-refractivity contribution < 1.29 is 2.74 Å². The largest absolute Gasteiger partial charge is 0.125 e. The number of rotatable bonds is 0. The van der Waals surface area contributed by atoms with Crippen molar-refractivity contribution in [3.05, 3.63) is 0 Å². The van der Waals surface area contributed by atoms with Crippen molar-refractivity contribution in [2.75, 3.05) is 0 Å². The van der Waals surface area contributed by atoms with Crippen LogP contribution in [0.25, 0.3) is 0 Å². The molecule has 0 aliphatic carbocycles. The van der Waals surface area contributed by atoms with Gasteiger partial charge in [0.05, 0.1) is 0 Å². The molecule has 0 aliphatic rings. The molecule has 0 bridgehead atoms. The minimum absolute atomic E-state index is 1.78. The van der Waals surface area contributed by atoms with E-state index in [4.69, 9.17) is 2.74 Å². The van der Waals surface area contributed by atoms with Crippen LogP contribution in [0.5, 0.6) is 0 Å². The second-order valence-electron chi connectivity index (χ2n) is 0.250. The Bertz CT molecular complexity index is 109. The maximum absolute atomic E-state index is 6.16. The topological polar surface area (TPSA) is 0 Å². The Kier molecular flexibility index (Phi) is 0.438. The van der Waals surface area contributed by atoms with Crippen LogP contribution in [-0.2, 0) is 0 Å². The van der Waals surface area contributed by atoms with Crippen molar-refractivity contribution in [1.82, 2.24) is 0 Å². The molecule has 0 amide bonds. The van der Waals surface area contributed by atoms with Crippen molar-refractivity contribution in [1.29, 1.82) is 0 Å². The first-order valence-corrected chi connectivity index (χ1v) is 0.750. The predicted molar refractivity (Wildman–Crippen MR) is 17.7 cm³/mol. The third kappa shape index (κ3) is 1.12. The summed E-state index contributed by atoms with van der Waals surface area (Å²) in [5, 5.41) is 0. The summed E-state index contributed by atoms with van der Waals surface area (Å²) in [6, 6.07) is 0. The van der Waals surface area contributed by atoms with E-state index in [1.807, 2.05) is 0 Å². The van der Waals surface area contributed by atoms with Gasteiger partial charge in [0, 0.05) is 0 Å². The SMILES string of the molecule is [2H]C#CC#C[2H]. The van der Waals surface area contributed by atoms with Gasteiger partial charge in [-0.05, 0) is 11.8 Å². The first kappa shape index (κ1) is 0.826. The van der Waals surface area contributed by atoms with Crippen LogP contribution >= 0.6 is 0 Å². The third-order valence-electron chi connectivity index (χ3n) is 0.0625. The first-order chi connectivity index (χ1) is 2.91. The van der Waals surface area contributed by atoms with Crippen LogP contribution in [0.1, 0.15) is 2.74 Å². The highest BCUT2D eigenvalue weighted by molar-refractivity contribution is 5.15. The Hall–Kier alpha value is -0.880. The molecular weight excluding hydrogens is 48.0 g/mol. The van der Waals surface area contributed by atoms with Gasteiger partial charge in [0.1, 0.15) is 2.74 Å². The Morgan fingerprint density at radius 3 is 2.25 bits per heavy atom. The summed E-state index contributed by atoms with van der Waals surface area (Å²) < 4.78 is 12.3. The molecule has 0 unspecified atom stereocenters. The van der Waals surface area contributed by atoms with Crippen LogP contribution in [-0.4, -0.2) is 0 Å². The molecule has 0 saturated carbocycles. The summed E-state index contributed by atoms with van der Waals surface area (Å²) in [6.45, 7) is 0. The summed E-state index contributed by atoms with van der Waals surface area (Å²) in [6.07, 6.45) is 3.55. The fraction of sp³-hybridized carbons (Fsp3) is 0. The molecule has 4 heavy (non-hydrogen) atoms. The smallest absolute Gasteiger partial charge is 0.106 e. The van der Waals surface area contributed by atoms with Crippen LogP contribution < -0.4 is 0 Å². The van der Waals surface area contributed by atoms with Gasteiger partial charge in [0.2, 0.25) is 0 Å². The van der Waals surface area contributed by atoms with Crippen molar-refractivity contribution >= 4 is 0 Å². The van der Waals surface area contributed by atoms with E-state index in [9.17, 15) is 0 Å². The summed E-state index contributed by atoms with van der Waals surface area (Å²) in [5.74, 6) is 4.13. The van der Waals surface area contributed by atoms with Crippen LogP contribution in [0.15, 0.2) is 0 Å². The van der Waals surface area contributed by atoms with E-state index in [1.165, 1.54) is 0 Å². The highest BCUT2D eigenvalue weighted by atomic mass is 13.3. The van der Waals surface area contributed by atoms with Gasteiger partial charge in [-0.1, -0.05) is 0 Å². The molecule has 18 valence electrons. The van der Waals surface area contributed by atoms with Gasteiger partial charge < -0.3 is 0 Å². The fourth-order valence-corrected chi connectivity index (χ4v) is 0. The molecule has 0 aromatic carbocycles. The van der Waals surface area contributed by atoms with Crippen LogP contribution in [0.4, 0.5) is 0 Å². The molecule has 0 nitrogen and oxygen atoms in total. The average Bonchev–Trinajstić information content (AvgIpc) is 1.61. The lowest BCUT2D eigenvalue weighted by molar-refractivity contribution is 2.62. The van der Waals surface area contributed by atoms with E-state index in [0.29, 0.717) is 0 Å². The lowest BCUT2D eigenvalue weighted by Gasteiger charge is -1.30. The lowest BCUT2D eigenvalue weighted by atomic mass is 10.7. The Balaban J connectivity index is 3.43. The molecule has 0 heterocycles. The van der Waals surface area contributed by atoms with Gasteiger partial charge in [-0.2, -0.15) is 0 Å². The van der Waals surface area contributed by atoms with Gasteiger partial charge in [-0.25, -0.2) is 0 Å². The van der Waals surface area contributed by atoms with E-state index >= 15 is 0 Å². The number of terminal acetylenes is 2. The van der Waals surface area contributed by atoms with Crippen LogP contribution in [0.3, 0.4) is 0 Å². The summed E-state index contributed by atoms with van der Waals surface area (Å²) in [7, 11) is 0. The van der Waals surface area contributed by atoms with Crippen molar-refractivity contribution in [3.8, 4) is 24.6 Å². The molecule has 0 aromatic rings. The lowest BCUT2D eigenvalue weighted by Crippen LogP contribution is -1.26. The van der Waals surface area contributed by atoms with Gasteiger partial charge in [-0.3, -0.25) is 0 Å². The minimum Gasteiger partial charge on any atom is -0.106 e. The number of hydrogen-bond acceptors (Lipinski definition) is 0. The monoisotopic (exact) mass is 52.0 g/mol. The predicted octanol–water partition coefficient (Wildman–Crippen LogP) is 0.253. The second-order valence-corrected chi connectivity index (χ2v) is 0.250. The number of hydrogen-bond donors (Lipinski definition) is 0. The zero-order valence-corrected chi connectivity index (χ0v) is 2.00. The second kappa shape index (κ2) is 2.12. The highest BCUT2D eigenvalue weighted by Crippen LogP contribution is 1.27. The Morgan fingerprint density at radius 2 is 2.00 bits per heavy atom. The van der Waals surface area contributed by atoms with Crippen molar-refractivity contribution in [3.63, 3.8) is 0 Å². The maximum Gasteiger partial charge on any atom is 0.125 e. The quantitative estimate of drug-likeness (QED) is 0.346. The molecule has 0 aliphatic heterocycles. The van der Waals surface area contributed by atoms with Crippen molar-refractivity contribution in [2.45, 2.75) is 0 Å². The zero-order chi connectivity index (χ0) is 4.83. The fourth-order valence-electron chi connectivity index (χ4n) is 0. The molecule has 0 N–H and O–H groups in total. The summed E-state index contributed by atoms with van der Waals surface area (Å²) in [4.78, 5) is 0. The van der Waals surface area contributed by atoms with E-state index < -0.39 is 0 Å². The standard InChI is InChI=1S/C4H2/c1-3-4-2/h1-2H/i1D,2D. The van der Waals surface area contributed by atoms with E-state index in [2.05, 4.69) is 11.8 Å². The molecule has 0 aromatic heterocycles. The molecular formula is C4H2. The van der Waals surface area contributed by atoms with E-state index in [0.717, 1.165) is 0 Å². The Morgan fingerprint density at radius 1 is 1.50 bits per heavy atom. The van der Waals surface area contributed by atoms with Gasteiger partial charge in [0.15, 0.2) is 0 Å². The Labute approximate surface area is 28.6 Å². The molecule has 0 atom stereocenters. The first-order valence-electron chi connectivity index (χ1n) is 1.75. The summed E-state index contributed by atoms with van der Waals surface area (Å²) in [5.41, 5.74) is 0. The molecule has 0 saturated heterocycles.